The van der Waals surface area contributed by atoms with E-state index in [1.54, 1.807) is 44.0 Å². The zero-order chi connectivity index (χ0) is 14.5. The van der Waals surface area contributed by atoms with Gasteiger partial charge >= 0.3 is 0 Å². The van der Waals surface area contributed by atoms with Crippen molar-refractivity contribution in [2.75, 3.05) is 14.2 Å². The van der Waals surface area contributed by atoms with Crippen LogP contribution in [0.3, 0.4) is 0 Å². The van der Waals surface area contributed by atoms with Crippen molar-refractivity contribution in [3.63, 3.8) is 0 Å². The smallest absolute Gasteiger partial charge is 0.293 e. The highest BCUT2D eigenvalue weighted by molar-refractivity contribution is 5.91. The van der Waals surface area contributed by atoms with Gasteiger partial charge in [-0.15, -0.1) is 0 Å². The van der Waals surface area contributed by atoms with Crippen molar-refractivity contribution in [2.24, 2.45) is 0 Å². The first-order valence-electron chi connectivity index (χ1n) is 5.83. The topological polar surface area (TPSA) is 80.7 Å². The predicted molar refractivity (Wildman–Crippen MR) is 72.0 cm³/mol. The number of nitrogens with one attached hydrogen (secondary N) is 1. The summed E-state index contributed by atoms with van der Waals surface area (Å²) < 4.78 is 10.4. The van der Waals surface area contributed by atoms with Gasteiger partial charge in [0, 0.05) is 5.56 Å². The summed E-state index contributed by atoms with van der Waals surface area (Å²) in [7, 11) is 3.10. The number of amides is 1. The van der Waals surface area contributed by atoms with E-state index >= 15 is 0 Å². The fourth-order valence-electron chi connectivity index (χ4n) is 1.77. The Morgan fingerprint density at radius 2 is 1.90 bits per heavy atom. The van der Waals surface area contributed by atoms with Gasteiger partial charge < -0.3 is 9.47 Å². The number of ether oxygens (including phenoxy) is 2. The molecular formula is C14H14N2O4. The number of nitrogens with zero attached hydrogens (tertiary/aromatic N) is 1. The van der Waals surface area contributed by atoms with Gasteiger partial charge in [-0.3, -0.25) is 10.0 Å². The van der Waals surface area contributed by atoms with Crippen LogP contribution >= 0.6 is 0 Å². The second-order valence-corrected chi connectivity index (χ2v) is 3.92. The lowest BCUT2D eigenvalue weighted by atomic mass is 10.1. The van der Waals surface area contributed by atoms with Gasteiger partial charge in [0.15, 0.2) is 11.5 Å². The van der Waals surface area contributed by atoms with Gasteiger partial charge in [-0.1, -0.05) is 6.07 Å². The number of carbonyl (C=O) groups is 1. The van der Waals surface area contributed by atoms with Crippen LogP contribution < -0.4 is 15.0 Å². The minimum Gasteiger partial charge on any atom is -0.493 e. The van der Waals surface area contributed by atoms with Crippen molar-refractivity contribution < 1.29 is 19.5 Å². The van der Waals surface area contributed by atoms with Crippen molar-refractivity contribution in [3.05, 3.63) is 42.1 Å². The molecule has 0 saturated heterocycles. The Labute approximate surface area is 115 Å². The number of carbonyl (C=O) groups excluding carboxylic acids is 1. The molecule has 0 bridgehead atoms. The highest BCUT2D eigenvalue weighted by Crippen LogP contribution is 2.31. The molecule has 6 nitrogen and oxygen atoms in total. The fraction of sp³-hybridized carbons (Fsp3) is 0.143. The summed E-state index contributed by atoms with van der Waals surface area (Å²) in [5.74, 6) is 0.525. The molecule has 0 aliphatic heterocycles. The maximum Gasteiger partial charge on any atom is 0.293 e. The number of benzene rings is 1. The van der Waals surface area contributed by atoms with Gasteiger partial charge in [-0.2, -0.15) is 0 Å². The third kappa shape index (κ3) is 2.70. The molecule has 0 aliphatic carbocycles. The molecule has 1 aromatic carbocycles. The molecule has 2 aromatic rings. The Hall–Kier alpha value is -2.60. The second-order valence-electron chi connectivity index (χ2n) is 3.92. The molecule has 0 atom stereocenters. The predicted octanol–water partition coefficient (Wildman–Crippen LogP) is 1.88. The van der Waals surface area contributed by atoms with Crippen LogP contribution in [0.15, 0.2) is 36.4 Å². The Balaban J connectivity index is 2.43. The van der Waals surface area contributed by atoms with Crippen LogP contribution in [-0.4, -0.2) is 30.3 Å². The van der Waals surface area contributed by atoms with Crippen LogP contribution in [0.1, 0.15) is 10.5 Å². The summed E-state index contributed by atoms with van der Waals surface area (Å²) in [4.78, 5) is 15.5. The van der Waals surface area contributed by atoms with Gasteiger partial charge in [0.25, 0.3) is 5.91 Å². The molecule has 1 amide bonds. The fourth-order valence-corrected chi connectivity index (χ4v) is 1.77. The lowest BCUT2D eigenvalue weighted by molar-refractivity contribution is 0.0701. The summed E-state index contributed by atoms with van der Waals surface area (Å²) in [6, 6.07) is 10.3. The molecule has 6 heteroatoms. The van der Waals surface area contributed by atoms with Crippen LogP contribution in [0, 0.1) is 0 Å². The number of aromatic nitrogens is 1. The molecule has 0 saturated carbocycles. The van der Waals surface area contributed by atoms with Gasteiger partial charge in [-0.25, -0.2) is 10.5 Å². The van der Waals surface area contributed by atoms with E-state index in [4.69, 9.17) is 14.7 Å². The van der Waals surface area contributed by atoms with Crippen molar-refractivity contribution in [1.82, 2.24) is 10.5 Å². The summed E-state index contributed by atoms with van der Waals surface area (Å²) >= 11 is 0. The molecule has 104 valence electrons. The second kappa shape index (κ2) is 6.03. The Morgan fingerprint density at radius 1 is 1.15 bits per heavy atom. The zero-order valence-corrected chi connectivity index (χ0v) is 11.1. The van der Waals surface area contributed by atoms with E-state index < -0.39 is 5.91 Å². The molecule has 20 heavy (non-hydrogen) atoms. The van der Waals surface area contributed by atoms with Gasteiger partial charge in [0.1, 0.15) is 5.69 Å². The Morgan fingerprint density at radius 3 is 2.55 bits per heavy atom. The van der Waals surface area contributed by atoms with E-state index in [-0.39, 0.29) is 5.69 Å². The molecule has 0 radical (unpaired) electrons. The molecule has 1 aromatic heterocycles. The first kappa shape index (κ1) is 13.8. The zero-order valence-electron chi connectivity index (χ0n) is 11.1. The van der Waals surface area contributed by atoms with Crippen molar-refractivity contribution in [1.29, 1.82) is 0 Å². The first-order chi connectivity index (χ1) is 9.69. The van der Waals surface area contributed by atoms with E-state index in [1.165, 1.54) is 6.07 Å². The van der Waals surface area contributed by atoms with Gasteiger partial charge in [-0.05, 0) is 30.3 Å². The lowest BCUT2D eigenvalue weighted by Crippen LogP contribution is -2.19. The highest BCUT2D eigenvalue weighted by atomic mass is 16.5. The van der Waals surface area contributed by atoms with Crippen molar-refractivity contribution in [3.8, 4) is 22.8 Å². The molecule has 2 rings (SSSR count). The van der Waals surface area contributed by atoms with Crippen LogP contribution in [-0.2, 0) is 0 Å². The third-order valence-corrected chi connectivity index (χ3v) is 2.76. The van der Waals surface area contributed by atoms with E-state index in [9.17, 15) is 4.79 Å². The Bertz CT molecular complexity index is 628. The molecule has 0 fully saturated rings. The summed E-state index contributed by atoms with van der Waals surface area (Å²) in [6.07, 6.45) is 0. The minimum atomic E-state index is -0.660. The van der Waals surface area contributed by atoms with E-state index in [0.717, 1.165) is 5.56 Å². The largest absolute Gasteiger partial charge is 0.493 e. The first-order valence-corrected chi connectivity index (χ1v) is 5.83. The summed E-state index contributed by atoms with van der Waals surface area (Å²) in [6.45, 7) is 0. The average molecular weight is 274 g/mol. The number of hydrogen-bond donors (Lipinski definition) is 2. The van der Waals surface area contributed by atoms with Crippen molar-refractivity contribution >= 4 is 5.91 Å². The quantitative estimate of drug-likeness (QED) is 0.657. The molecule has 0 unspecified atom stereocenters. The maximum absolute atomic E-state index is 11.4. The number of rotatable bonds is 4. The number of hydroxylamine groups is 1. The maximum atomic E-state index is 11.4. The standard InChI is InChI=1S/C14H14N2O4/c1-19-12-7-6-9(8-13(12)20-2)10-4-3-5-11(15-10)14(17)16-18/h3-8,18H,1-2H3,(H,16,17). The molecule has 0 aliphatic rings. The normalized spacial score (nSPS) is 9.95. The number of pyridine rings is 1. The van der Waals surface area contributed by atoms with Crippen LogP contribution in [0.4, 0.5) is 0 Å². The van der Waals surface area contributed by atoms with E-state index in [0.29, 0.717) is 17.2 Å². The Kier molecular flexibility index (Phi) is 4.17. The molecule has 1 heterocycles. The van der Waals surface area contributed by atoms with Gasteiger partial charge in [0.05, 0.1) is 19.9 Å². The van der Waals surface area contributed by atoms with E-state index in [2.05, 4.69) is 4.98 Å². The molecular weight excluding hydrogens is 260 g/mol. The monoisotopic (exact) mass is 274 g/mol. The van der Waals surface area contributed by atoms with Gasteiger partial charge in [0.2, 0.25) is 0 Å². The number of hydrogen-bond acceptors (Lipinski definition) is 5. The van der Waals surface area contributed by atoms with E-state index in [1.807, 2.05) is 6.07 Å². The summed E-state index contributed by atoms with van der Waals surface area (Å²) in [5, 5.41) is 8.62. The van der Waals surface area contributed by atoms with Crippen LogP contribution in [0.2, 0.25) is 0 Å². The highest BCUT2D eigenvalue weighted by Gasteiger charge is 2.10. The lowest BCUT2D eigenvalue weighted by Gasteiger charge is -2.09. The number of methoxy groups -OCH3 is 2. The van der Waals surface area contributed by atoms with Crippen molar-refractivity contribution in [2.45, 2.75) is 0 Å². The molecule has 0 spiro atoms. The molecule has 2 N–H and O–H groups in total. The summed E-state index contributed by atoms with van der Waals surface area (Å²) in [5.41, 5.74) is 3.04. The SMILES string of the molecule is COc1ccc(-c2cccc(C(=O)NO)n2)cc1OC. The average Bonchev–Trinajstić information content (AvgIpc) is 2.53. The van der Waals surface area contributed by atoms with Crippen LogP contribution in [0.25, 0.3) is 11.3 Å². The minimum absolute atomic E-state index is 0.125. The van der Waals surface area contributed by atoms with Crippen LogP contribution in [0.5, 0.6) is 11.5 Å². The third-order valence-electron chi connectivity index (χ3n) is 2.76.